The number of carbonyl (C=O) groups is 1. The molecule has 19 heavy (non-hydrogen) atoms. The first kappa shape index (κ1) is 14.8. The number of ether oxygens (including phenoxy) is 1. The van der Waals surface area contributed by atoms with E-state index >= 15 is 0 Å². The highest BCUT2D eigenvalue weighted by Gasteiger charge is 2.52. The maximum atomic E-state index is 12.3. The fourth-order valence-electron chi connectivity index (χ4n) is 3.47. The molecule has 4 nitrogen and oxygen atoms in total. The molecule has 1 heterocycles. The number of piperidine rings is 1. The fraction of sp³-hybridized carbons (Fsp3) is 0.933. The summed E-state index contributed by atoms with van der Waals surface area (Å²) in [6.45, 7) is 6.48. The minimum absolute atomic E-state index is 0.0945. The Morgan fingerprint density at radius 2 is 2.05 bits per heavy atom. The maximum absolute atomic E-state index is 12.3. The molecule has 1 aliphatic carbocycles. The number of carbonyl (C=O) groups excluding carboxylic acids is 1. The normalized spacial score (nSPS) is 31.8. The molecule has 2 aliphatic rings. The Balaban J connectivity index is 2.13. The van der Waals surface area contributed by atoms with Crippen LogP contribution < -0.4 is 5.32 Å². The summed E-state index contributed by atoms with van der Waals surface area (Å²) in [4.78, 5) is 14.8. The number of esters is 1. The predicted octanol–water partition coefficient (Wildman–Crippen LogP) is 1.65. The number of methoxy groups -OCH3 is 1. The topological polar surface area (TPSA) is 41.6 Å². The molecule has 110 valence electrons. The van der Waals surface area contributed by atoms with E-state index in [0.717, 1.165) is 25.9 Å². The molecule has 3 unspecified atom stereocenters. The van der Waals surface area contributed by atoms with Gasteiger partial charge in [-0.3, -0.25) is 4.90 Å². The van der Waals surface area contributed by atoms with E-state index in [2.05, 4.69) is 24.1 Å². The summed E-state index contributed by atoms with van der Waals surface area (Å²) < 4.78 is 5.08. The van der Waals surface area contributed by atoms with Crippen molar-refractivity contribution in [2.24, 2.45) is 11.8 Å². The second-order valence-electron chi connectivity index (χ2n) is 6.32. The van der Waals surface area contributed by atoms with Crippen LogP contribution in [0.5, 0.6) is 0 Å². The molecule has 3 atom stereocenters. The minimum Gasteiger partial charge on any atom is -0.468 e. The van der Waals surface area contributed by atoms with Crippen molar-refractivity contribution in [3.8, 4) is 0 Å². The Morgan fingerprint density at radius 1 is 1.37 bits per heavy atom. The lowest BCUT2D eigenvalue weighted by Gasteiger charge is -2.43. The van der Waals surface area contributed by atoms with Gasteiger partial charge in [0.25, 0.3) is 0 Å². The molecule has 2 rings (SSSR count). The molecule has 1 aliphatic heterocycles. The van der Waals surface area contributed by atoms with Gasteiger partial charge in [-0.1, -0.05) is 6.92 Å². The number of hydrogen-bond donors (Lipinski definition) is 1. The molecule has 4 heteroatoms. The third-order valence-electron chi connectivity index (χ3n) is 5.23. The van der Waals surface area contributed by atoms with E-state index in [-0.39, 0.29) is 5.97 Å². The highest BCUT2D eigenvalue weighted by atomic mass is 16.5. The van der Waals surface area contributed by atoms with Gasteiger partial charge in [0.1, 0.15) is 5.54 Å². The van der Waals surface area contributed by atoms with E-state index in [4.69, 9.17) is 4.74 Å². The SMILES string of the molecule is CNC(CN1CCCC(C)C1C)(C(=O)OC)C1CC1. The molecular formula is C15H28N2O2. The van der Waals surface area contributed by atoms with Gasteiger partial charge in [-0.15, -0.1) is 0 Å². The van der Waals surface area contributed by atoms with Gasteiger partial charge in [-0.2, -0.15) is 0 Å². The largest absolute Gasteiger partial charge is 0.468 e. The smallest absolute Gasteiger partial charge is 0.327 e. The van der Waals surface area contributed by atoms with Crippen LogP contribution in [0.25, 0.3) is 0 Å². The second kappa shape index (κ2) is 5.80. The van der Waals surface area contributed by atoms with E-state index in [9.17, 15) is 4.79 Å². The lowest BCUT2D eigenvalue weighted by atomic mass is 9.87. The monoisotopic (exact) mass is 268 g/mol. The highest BCUT2D eigenvalue weighted by Crippen LogP contribution is 2.41. The Bertz CT molecular complexity index is 330. The quantitative estimate of drug-likeness (QED) is 0.770. The molecule has 0 amide bonds. The summed E-state index contributed by atoms with van der Waals surface area (Å²) in [5.74, 6) is 1.05. The zero-order chi connectivity index (χ0) is 14.0. The van der Waals surface area contributed by atoms with Gasteiger partial charge in [0.05, 0.1) is 7.11 Å². The Kier molecular flexibility index (Phi) is 4.51. The molecule has 1 N–H and O–H groups in total. The van der Waals surface area contributed by atoms with E-state index in [0.29, 0.717) is 17.9 Å². The number of likely N-dealkylation sites (N-methyl/N-ethyl adjacent to an activating group) is 1. The molecule has 0 bridgehead atoms. The van der Waals surface area contributed by atoms with Gasteiger partial charge < -0.3 is 10.1 Å². The highest BCUT2D eigenvalue weighted by molar-refractivity contribution is 5.82. The summed E-state index contributed by atoms with van der Waals surface area (Å²) in [7, 11) is 3.40. The third kappa shape index (κ3) is 2.79. The molecule has 0 radical (unpaired) electrons. The first-order chi connectivity index (χ1) is 9.05. The van der Waals surface area contributed by atoms with Crippen molar-refractivity contribution in [1.29, 1.82) is 0 Å². The van der Waals surface area contributed by atoms with Crippen LogP contribution in [0.3, 0.4) is 0 Å². The number of hydrogen-bond acceptors (Lipinski definition) is 4. The van der Waals surface area contributed by atoms with Crippen LogP contribution in [0, 0.1) is 11.8 Å². The zero-order valence-corrected chi connectivity index (χ0v) is 12.7. The lowest BCUT2D eigenvalue weighted by Crippen LogP contribution is -2.62. The average Bonchev–Trinajstić information content (AvgIpc) is 3.24. The summed E-state index contributed by atoms with van der Waals surface area (Å²) in [5.41, 5.74) is -0.500. The van der Waals surface area contributed by atoms with Crippen LogP contribution in [-0.2, 0) is 9.53 Å². The summed E-state index contributed by atoms with van der Waals surface area (Å²) in [6.07, 6.45) is 4.80. The minimum atomic E-state index is -0.500. The Hall–Kier alpha value is -0.610. The van der Waals surface area contributed by atoms with Gasteiger partial charge in [0.15, 0.2) is 0 Å². The molecule has 1 saturated heterocycles. The maximum Gasteiger partial charge on any atom is 0.327 e. The van der Waals surface area contributed by atoms with Gasteiger partial charge in [-0.25, -0.2) is 4.79 Å². The molecule has 0 aromatic carbocycles. The van der Waals surface area contributed by atoms with Crippen molar-refractivity contribution < 1.29 is 9.53 Å². The van der Waals surface area contributed by atoms with Gasteiger partial charge in [0, 0.05) is 12.6 Å². The molecule has 0 aromatic heterocycles. The van der Waals surface area contributed by atoms with Gasteiger partial charge in [-0.05, 0) is 58.0 Å². The van der Waals surface area contributed by atoms with Crippen LogP contribution >= 0.6 is 0 Å². The van der Waals surface area contributed by atoms with E-state index < -0.39 is 5.54 Å². The number of nitrogens with zero attached hydrogens (tertiary/aromatic N) is 1. The van der Waals surface area contributed by atoms with Crippen LogP contribution in [0.15, 0.2) is 0 Å². The average molecular weight is 268 g/mol. The third-order valence-corrected chi connectivity index (χ3v) is 5.23. The van der Waals surface area contributed by atoms with Crippen molar-refractivity contribution in [3.05, 3.63) is 0 Å². The molecule has 2 fully saturated rings. The molecule has 1 saturated carbocycles. The van der Waals surface area contributed by atoms with Crippen LogP contribution in [-0.4, -0.2) is 49.7 Å². The molecular weight excluding hydrogens is 240 g/mol. The van der Waals surface area contributed by atoms with Crippen molar-refractivity contribution >= 4 is 5.97 Å². The van der Waals surface area contributed by atoms with Crippen molar-refractivity contribution in [2.45, 2.75) is 51.1 Å². The van der Waals surface area contributed by atoms with Crippen LogP contribution in [0.4, 0.5) is 0 Å². The fourth-order valence-corrected chi connectivity index (χ4v) is 3.47. The number of likely N-dealkylation sites (tertiary alicyclic amines) is 1. The van der Waals surface area contributed by atoms with Crippen LogP contribution in [0.2, 0.25) is 0 Å². The van der Waals surface area contributed by atoms with Crippen molar-refractivity contribution in [1.82, 2.24) is 10.2 Å². The van der Waals surface area contributed by atoms with Crippen LogP contribution in [0.1, 0.15) is 39.5 Å². The zero-order valence-electron chi connectivity index (χ0n) is 12.7. The Labute approximate surface area is 116 Å². The second-order valence-corrected chi connectivity index (χ2v) is 6.32. The summed E-state index contributed by atoms with van der Waals surface area (Å²) in [6, 6.07) is 0.546. The first-order valence-corrected chi connectivity index (χ1v) is 7.56. The summed E-state index contributed by atoms with van der Waals surface area (Å²) >= 11 is 0. The van der Waals surface area contributed by atoms with E-state index in [1.165, 1.54) is 20.0 Å². The van der Waals surface area contributed by atoms with Gasteiger partial charge in [0.2, 0.25) is 0 Å². The predicted molar refractivity (Wildman–Crippen MR) is 76.0 cm³/mol. The number of rotatable bonds is 5. The van der Waals surface area contributed by atoms with Crippen molar-refractivity contribution in [2.75, 3.05) is 27.2 Å². The summed E-state index contributed by atoms with van der Waals surface area (Å²) in [5, 5.41) is 3.29. The first-order valence-electron chi connectivity index (χ1n) is 7.56. The van der Waals surface area contributed by atoms with Crippen molar-refractivity contribution in [3.63, 3.8) is 0 Å². The number of nitrogens with one attached hydrogen (secondary N) is 1. The molecule has 0 spiro atoms. The lowest BCUT2D eigenvalue weighted by molar-refractivity contribution is -0.151. The Morgan fingerprint density at radius 3 is 2.58 bits per heavy atom. The van der Waals surface area contributed by atoms with E-state index in [1.54, 1.807) is 0 Å². The van der Waals surface area contributed by atoms with Gasteiger partial charge >= 0.3 is 5.97 Å². The standard InChI is InChI=1S/C15H28N2O2/c1-11-6-5-9-17(12(11)2)10-15(16-3,13-7-8-13)14(18)19-4/h11-13,16H,5-10H2,1-4H3. The van der Waals surface area contributed by atoms with E-state index in [1.807, 2.05) is 7.05 Å². The molecule has 0 aromatic rings.